The molecule has 18 heavy (non-hydrogen) atoms. The number of hydrogen-bond acceptors (Lipinski definition) is 7. The van der Waals surface area contributed by atoms with Crippen molar-refractivity contribution in [2.75, 3.05) is 29.5 Å². The molecule has 0 amide bonds. The zero-order valence-electron chi connectivity index (χ0n) is 10.6. The number of nitrogens with zero attached hydrogens (tertiary/aromatic N) is 3. The fourth-order valence-electron chi connectivity index (χ4n) is 1.95. The molecule has 1 aliphatic rings. The average molecular weight is 274 g/mol. The second-order valence-electron chi connectivity index (χ2n) is 4.42. The van der Waals surface area contributed by atoms with Crippen LogP contribution in [-0.4, -0.2) is 49.3 Å². The summed E-state index contributed by atoms with van der Waals surface area (Å²) < 4.78 is 28.5. The van der Waals surface area contributed by atoms with Crippen molar-refractivity contribution in [3.63, 3.8) is 0 Å². The first-order valence-corrected chi connectivity index (χ1v) is 7.84. The van der Waals surface area contributed by atoms with Crippen molar-refractivity contribution >= 4 is 15.9 Å². The summed E-state index contributed by atoms with van der Waals surface area (Å²) in [5.74, 6) is 0.799. The van der Waals surface area contributed by atoms with Gasteiger partial charge in [-0.25, -0.2) is 8.42 Å². The smallest absolute Gasteiger partial charge is 0.318 e. The molecule has 1 aromatic heterocycles. The lowest BCUT2D eigenvalue weighted by Crippen LogP contribution is -2.47. The lowest BCUT2D eigenvalue weighted by Gasteiger charge is -2.31. The lowest BCUT2D eigenvalue weighted by atomic mass is 10.3. The lowest BCUT2D eigenvalue weighted by molar-refractivity contribution is 0.453. The van der Waals surface area contributed by atoms with Crippen LogP contribution in [0.3, 0.4) is 0 Å². The van der Waals surface area contributed by atoms with E-state index >= 15 is 0 Å². The Bertz CT molecular complexity index is 499. The Balaban J connectivity index is 2.05. The topological polar surface area (TPSA) is 88.3 Å². The van der Waals surface area contributed by atoms with Gasteiger partial charge in [-0.2, -0.15) is 0 Å². The van der Waals surface area contributed by atoms with Crippen LogP contribution < -0.4 is 10.2 Å². The van der Waals surface area contributed by atoms with Gasteiger partial charge in [-0.1, -0.05) is 12.0 Å². The van der Waals surface area contributed by atoms with Gasteiger partial charge in [0.25, 0.3) is 0 Å². The molecule has 2 rings (SSSR count). The summed E-state index contributed by atoms with van der Waals surface area (Å²) >= 11 is 0. The van der Waals surface area contributed by atoms with Crippen LogP contribution in [0.2, 0.25) is 0 Å². The van der Waals surface area contributed by atoms with Gasteiger partial charge in [0.1, 0.15) is 0 Å². The normalized spacial score (nSPS) is 23.2. The molecule has 1 fully saturated rings. The van der Waals surface area contributed by atoms with E-state index in [1.807, 2.05) is 18.7 Å². The van der Waals surface area contributed by atoms with E-state index < -0.39 is 9.84 Å². The summed E-state index contributed by atoms with van der Waals surface area (Å²) in [6, 6.07) is 0.279. The van der Waals surface area contributed by atoms with E-state index in [-0.39, 0.29) is 17.5 Å². The molecule has 0 aromatic carbocycles. The third-order valence-corrected chi connectivity index (χ3v) is 4.69. The predicted molar refractivity (Wildman–Crippen MR) is 67.1 cm³/mol. The maximum atomic E-state index is 11.5. The maximum Gasteiger partial charge on any atom is 0.318 e. The van der Waals surface area contributed by atoms with E-state index in [1.54, 1.807) is 0 Å². The Kier molecular flexibility index (Phi) is 3.86. The summed E-state index contributed by atoms with van der Waals surface area (Å²) in [4.78, 5) is 1.85. The molecule has 0 aliphatic carbocycles. The zero-order valence-corrected chi connectivity index (χ0v) is 11.4. The van der Waals surface area contributed by atoms with Crippen LogP contribution in [0.25, 0.3) is 0 Å². The van der Waals surface area contributed by atoms with Gasteiger partial charge in [0.05, 0.1) is 18.1 Å². The van der Waals surface area contributed by atoms with Gasteiger partial charge in [-0.15, -0.1) is 5.10 Å². The Morgan fingerprint density at radius 3 is 2.94 bits per heavy atom. The summed E-state index contributed by atoms with van der Waals surface area (Å²) in [6.45, 7) is 5.62. The van der Waals surface area contributed by atoms with Crippen LogP contribution in [-0.2, 0) is 16.4 Å². The van der Waals surface area contributed by atoms with Crippen molar-refractivity contribution in [3.05, 3.63) is 5.89 Å². The summed E-state index contributed by atoms with van der Waals surface area (Å²) in [7, 11) is -2.92. The highest BCUT2D eigenvalue weighted by atomic mass is 32.2. The molecule has 1 atom stereocenters. The van der Waals surface area contributed by atoms with E-state index in [9.17, 15) is 8.42 Å². The minimum atomic E-state index is -2.92. The van der Waals surface area contributed by atoms with Crippen LogP contribution in [0.15, 0.2) is 4.42 Å². The van der Waals surface area contributed by atoms with Crippen LogP contribution in [0.4, 0.5) is 6.01 Å². The van der Waals surface area contributed by atoms with Crippen LogP contribution in [0, 0.1) is 0 Å². The van der Waals surface area contributed by atoms with E-state index in [4.69, 9.17) is 4.42 Å². The van der Waals surface area contributed by atoms with Crippen molar-refractivity contribution in [2.24, 2.45) is 0 Å². The van der Waals surface area contributed by atoms with Crippen LogP contribution >= 0.6 is 0 Å². The average Bonchev–Trinajstić information content (AvgIpc) is 2.73. The Labute approximate surface area is 106 Å². The monoisotopic (exact) mass is 274 g/mol. The van der Waals surface area contributed by atoms with Crippen LogP contribution in [0.5, 0.6) is 0 Å². The van der Waals surface area contributed by atoms with Crippen molar-refractivity contribution in [3.8, 4) is 0 Å². The van der Waals surface area contributed by atoms with E-state index in [2.05, 4.69) is 15.5 Å². The van der Waals surface area contributed by atoms with Crippen molar-refractivity contribution < 1.29 is 12.8 Å². The van der Waals surface area contributed by atoms with E-state index in [1.165, 1.54) is 0 Å². The predicted octanol–water partition coefficient (Wildman–Crippen LogP) is -0.198. The standard InChI is InChI=1S/C10H18N4O3S/c1-3-11-6-9-12-13-10(17-9)14-4-5-18(15,16)7-8(14)2/h8,11H,3-7H2,1-2H3. The number of hydrogen-bond donors (Lipinski definition) is 1. The molecule has 0 bridgehead atoms. The van der Waals surface area contributed by atoms with Gasteiger partial charge in [0.2, 0.25) is 5.89 Å². The highest BCUT2D eigenvalue weighted by Gasteiger charge is 2.31. The van der Waals surface area contributed by atoms with Gasteiger partial charge in [-0.05, 0) is 13.5 Å². The summed E-state index contributed by atoms with van der Waals surface area (Å²) in [5.41, 5.74) is 0. The molecule has 102 valence electrons. The molecule has 1 aromatic rings. The van der Waals surface area contributed by atoms with Gasteiger partial charge >= 0.3 is 6.01 Å². The van der Waals surface area contributed by atoms with E-state index in [0.717, 1.165) is 6.54 Å². The number of aromatic nitrogens is 2. The minimum Gasteiger partial charge on any atom is -0.407 e. The molecule has 7 nitrogen and oxygen atoms in total. The zero-order chi connectivity index (χ0) is 13.2. The number of anilines is 1. The van der Waals surface area contributed by atoms with Gasteiger partial charge in [0, 0.05) is 12.6 Å². The molecular weight excluding hydrogens is 256 g/mol. The third kappa shape index (κ3) is 2.99. The molecule has 1 N–H and O–H groups in total. The third-order valence-electron chi connectivity index (χ3n) is 2.90. The van der Waals surface area contributed by atoms with Gasteiger partial charge in [0.15, 0.2) is 9.84 Å². The summed E-state index contributed by atoms with van der Waals surface area (Å²) in [5, 5.41) is 11.0. The highest BCUT2D eigenvalue weighted by Crippen LogP contribution is 2.20. The van der Waals surface area contributed by atoms with Crippen LogP contribution in [0.1, 0.15) is 19.7 Å². The highest BCUT2D eigenvalue weighted by molar-refractivity contribution is 7.91. The fraction of sp³-hybridized carbons (Fsp3) is 0.800. The molecule has 1 saturated heterocycles. The molecular formula is C10H18N4O3S. The number of nitrogens with one attached hydrogen (secondary N) is 1. The Morgan fingerprint density at radius 1 is 1.50 bits per heavy atom. The first-order valence-electron chi connectivity index (χ1n) is 6.02. The Hall–Kier alpha value is -1.15. The first-order chi connectivity index (χ1) is 8.52. The molecule has 0 spiro atoms. The minimum absolute atomic E-state index is 0.129. The van der Waals surface area contributed by atoms with Crippen molar-refractivity contribution in [2.45, 2.75) is 26.4 Å². The first kappa shape index (κ1) is 13.3. The van der Waals surface area contributed by atoms with Gasteiger partial charge < -0.3 is 14.6 Å². The number of rotatable bonds is 4. The number of sulfone groups is 1. The van der Waals surface area contributed by atoms with Crippen molar-refractivity contribution in [1.82, 2.24) is 15.5 Å². The molecule has 2 heterocycles. The summed E-state index contributed by atoms with van der Waals surface area (Å²) in [6.07, 6.45) is 0. The fourth-order valence-corrected chi connectivity index (χ4v) is 3.50. The van der Waals surface area contributed by atoms with Crippen molar-refractivity contribution in [1.29, 1.82) is 0 Å². The Morgan fingerprint density at radius 2 is 2.28 bits per heavy atom. The molecule has 0 radical (unpaired) electrons. The second kappa shape index (κ2) is 5.23. The molecule has 1 aliphatic heterocycles. The molecule has 1 unspecified atom stereocenters. The maximum absolute atomic E-state index is 11.5. The second-order valence-corrected chi connectivity index (χ2v) is 6.64. The largest absolute Gasteiger partial charge is 0.407 e. The van der Waals surface area contributed by atoms with E-state index in [0.29, 0.717) is 25.0 Å². The SMILES string of the molecule is CCNCc1nnc(N2CCS(=O)(=O)CC2C)o1. The molecule has 0 saturated carbocycles. The van der Waals surface area contributed by atoms with Gasteiger partial charge in [-0.3, -0.25) is 0 Å². The molecule has 8 heteroatoms. The quantitative estimate of drug-likeness (QED) is 0.813.